The second kappa shape index (κ2) is 5.13. The number of amides is 1. The van der Waals surface area contributed by atoms with Crippen LogP contribution >= 0.6 is 0 Å². The van der Waals surface area contributed by atoms with Crippen molar-refractivity contribution in [3.63, 3.8) is 0 Å². The zero-order valence-electron chi connectivity index (χ0n) is 10.8. The van der Waals surface area contributed by atoms with Gasteiger partial charge in [0.05, 0.1) is 18.1 Å². The van der Waals surface area contributed by atoms with E-state index in [0.717, 1.165) is 0 Å². The summed E-state index contributed by atoms with van der Waals surface area (Å²) in [6.45, 7) is 0.683. The Hall–Kier alpha value is -2.31. The van der Waals surface area contributed by atoms with E-state index in [1.54, 1.807) is 18.0 Å². The predicted octanol–water partition coefficient (Wildman–Crippen LogP) is 1.25. The third-order valence-electron chi connectivity index (χ3n) is 3.11. The number of nitro groups is 1. The molecule has 1 aliphatic rings. The molecule has 19 heavy (non-hydrogen) atoms. The van der Waals surface area contributed by atoms with Crippen molar-refractivity contribution in [3.8, 4) is 5.75 Å². The van der Waals surface area contributed by atoms with Crippen LogP contribution in [0.2, 0.25) is 0 Å². The number of methoxy groups -OCH3 is 1. The molecule has 1 N–H and O–H groups in total. The summed E-state index contributed by atoms with van der Waals surface area (Å²) in [6.07, 6.45) is 0.681. The molecule has 1 aromatic rings. The van der Waals surface area contributed by atoms with Crippen LogP contribution in [0.3, 0.4) is 0 Å². The molecule has 1 unspecified atom stereocenters. The number of non-ortho nitro benzene ring substituents is 1. The number of likely N-dealkylation sites (tertiary alicyclic amines) is 1. The SMILES string of the molecule is COc1cc(NC2CCN(C)C2=O)cc([N+](=O)[O-])c1. The molecular formula is C12H15N3O4. The molecule has 1 amide bonds. The minimum atomic E-state index is -0.490. The zero-order valence-corrected chi connectivity index (χ0v) is 10.8. The maximum absolute atomic E-state index is 11.8. The minimum Gasteiger partial charge on any atom is -0.496 e. The van der Waals surface area contributed by atoms with Crippen molar-refractivity contribution in [2.75, 3.05) is 26.0 Å². The lowest BCUT2D eigenvalue weighted by Gasteiger charge is -2.14. The van der Waals surface area contributed by atoms with E-state index in [9.17, 15) is 14.9 Å². The van der Waals surface area contributed by atoms with Crippen LogP contribution < -0.4 is 10.1 Å². The number of nitro benzene ring substituents is 1. The van der Waals surface area contributed by atoms with Crippen LogP contribution in [0.1, 0.15) is 6.42 Å². The fourth-order valence-electron chi connectivity index (χ4n) is 2.05. The molecule has 102 valence electrons. The summed E-state index contributed by atoms with van der Waals surface area (Å²) in [5, 5.41) is 13.8. The van der Waals surface area contributed by atoms with E-state index in [2.05, 4.69) is 5.32 Å². The lowest BCUT2D eigenvalue weighted by molar-refractivity contribution is -0.384. The van der Waals surface area contributed by atoms with Gasteiger partial charge in [-0.05, 0) is 6.42 Å². The van der Waals surface area contributed by atoms with Gasteiger partial charge in [0.25, 0.3) is 5.69 Å². The molecule has 0 saturated carbocycles. The number of nitrogens with one attached hydrogen (secondary N) is 1. The Morgan fingerprint density at radius 1 is 1.47 bits per heavy atom. The first-order valence-corrected chi connectivity index (χ1v) is 5.86. The maximum Gasteiger partial charge on any atom is 0.275 e. The van der Waals surface area contributed by atoms with Gasteiger partial charge in [-0.3, -0.25) is 14.9 Å². The van der Waals surface area contributed by atoms with Crippen LogP contribution in [0.4, 0.5) is 11.4 Å². The summed E-state index contributed by atoms with van der Waals surface area (Å²) < 4.78 is 5.02. The number of likely N-dealkylation sites (N-methyl/N-ethyl adjacent to an activating group) is 1. The van der Waals surface area contributed by atoms with Crippen LogP contribution in [0.15, 0.2) is 18.2 Å². The first-order chi connectivity index (χ1) is 9.01. The number of benzene rings is 1. The van der Waals surface area contributed by atoms with Crippen molar-refractivity contribution in [2.24, 2.45) is 0 Å². The predicted molar refractivity (Wildman–Crippen MR) is 69.3 cm³/mol. The Morgan fingerprint density at radius 3 is 2.74 bits per heavy atom. The van der Waals surface area contributed by atoms with Gasteiger partial charge < -0.3 is 15.0 Å². The van der Waals surface area contributed by atoms with Crippen molar-refractivity contribution < 1.29 is 14.5 Å². The first kappa shape index (κ1) is 13.1. The number of carbonyl (C=O) groups excluding carboxylic acids is 1. The van der Waals surface area contributed by atoms with Gasteiger partial charge in [0, 0.05) is 31.4 Å². The summed E-state index contributed by atoms with van der Waals surface area (Å²) in [7, 11) is 3.18. The Morgan fingerprint density at radius 2 is 2.21 bits per heavy atom. The summed E-state index contributed by atoms with van der Waals surface area (Å²) in [5.41, 5.74) is 0.445. The fraction of sp³-hybridized carbons (Fsp3) is 0.417. The van der Waals surface area contributed by atoms with Gasteiger partial charge in [0.15, 0.2) is 0 Å². The fourth-order valence-corrected chi connectivity index (χ4v) is 2.05. The molecule has 0 aliphatic carbocycles. The van der Waals surface area contributed by atoms with E-state index < -0.39 is 4.92 Å². The number of carbonyl (C=O) groups is 1. The van der Waals surface area contributed by atoms with Gasteiger partial charge in [0.2, 0.25) is 5.91 Å². The van der Waals surface area contributed by atoms with Gasteiger partial charge in [-0.1, -0.05) is 0 Å². The van der Waals surface area contributed by atoms with Crippen LogP contribution in [0.5, 0.6) is 5.75 Å². The lowest BCUT2D eigenvalue weighted by atomic mass is 10.2. The zero-order chi connectivity index (χ0) is 14.0. The molecular weight excluding hydrogens is 250 g/mol. The largest absolute Gasteiger partial charge is 0.496 e. The summed E-state index contributed by atoms with van der Waals surface area (Å²) >= 11 is 0. The van der Waals surface area contributed by atoms with E-state index in [0.29, 0.717) is 24.4 Å². The normalized spacial score (nSPS) is 18.5. The Kier molecular flexibility index (Phi) is 3.55. The van der Waals surface area contributed by atoms with Gasteiger partial charge in [-0.15, -0.1) is 0 Å². The van der Waals surface area contributed by atoms with Gasteiger partial charge in [0.1, 0.15) is 11.8 Å². The quantitative estimate of drug-likeness (QED) is 0.654. The van der Waals surface area contributed by atoms with Crippen LogP contribution in [-0.4, -0.2) is 42.5 Å². The molecule has 7 heteroatoms. The third-order valence-corrected chi connectivity index (χ3v) is 3.11. The standard InChI is InChI=1S/C12H15N3O4/c1-14-4-3-11(12(14)16)13-8-5-9(15(17)18)7-10(6-8)19-2/h5-7,11,13H,3-4H2,1-2H3. The third kappa shape index (κ3) is 2.75. The molecule has 0 spiro atoms. The lowest BCUT2D eigenvalue weighted by Crippen LogP contribution is -2.30. The van der Waals surface area contributed by atoms with Crippen molar-refractivity contribution in [2.45, 2.75) is 12.5 Å². The van der Waals surface area contributed by atoms with E-state index in [4.69, 9.17) is 4.74 Å². The molecule has 0 radical (unpaired) electrons. The average Bonchev–Trinajstić information content (AvgIpc) is 2.70. The number of hydrogen-bond donors (Lipinski definition) is 1. The molecule has 1 aromatic carbocycles. The van der Waals surface area contributed by atoms with E-state index in [1.165, 1.54) is 19.2 Å². The van der Waals surface area contributed by atoms with Crippen LogP contribution in [0, 0.1) is 10.1 Å². The summed E-state index contributed by atoms with van der Waals surface area (Å²) in [6, 6.07) is 4.04. The number of rotatable bonds is 4. The van der Waals surface area contributed by atoms with Crippen molar-refractivity contribution in [1.29, 1.82) is 0 Å². The molecule has 1 fully saturated rings. The second-order valence-electron chi connectivity index (χ2n) is 4.42. The monoisotopic (exact) mass is 265 g/mol. The van der Waals surface area contributed by atoms with Gasteiger partial charge in [-0.2, -0.15) is 0 Å². The molecule has 1 heterocycles. The number of ether oxygens (including phenoxy) is 1. The molecule has 2 rings (SSSR count). The molecule has 1 aliphatic heterocycles. The maximum atomic E-state index is 11.8. The van der Waals surface area contributed by atoms with E-state index in [-0.39, 0.29) is 17.6 Å². The highest BCUT2D eigenvalue weighted by molar-refractivity contribution is 5.86. The Labute approximate surface area is 110 Å². The Balaban J connectivity index is 2.22. The molecule has 0 bridgehead atoms. The Bertz CT molecular complexity index is 518. The molecule has 1 atom stereocenters. The van der Waals surface area contributed by atoms with Crippen molar-refractivity contribution in [3.05, 3.63) is 28.3 Å². The molecule has 7 nitrogen and oxygen atoms in total. The van der Waals surface area contributed by atoms with E-state index >= 15 is 0 Å². The number of hydrogen-bond acceptors (Lipinski definition) is 5. The van der Waals surface area contributed by atoms with Crippen LogP contribution in [0.25, 0.3) is 0 Å². The molecule has 0 aromatic heterocycles. The minimum absolute atomic E-state index is 0.00882. The van der Waals surface area contributed by atoms with Crippen LogP contribution in [-0.2, 0) is 4.79 Å². The highest BCUT2D eigenvalue weighted by Crippen LogP contribution is 2.27. The number of anilines is 1. The highest BCUT2D eigenvalue weighted by Gasteiger charge is 2.29. The van der Waals surface area contributed by atoms with Gasteiger partial charge >= 0.3 is 0 Å². The van der Waals surface area contributed by atoms with Crippen molar-refractivity contribution in [1.82, 2.24) is 4.90 Å². The summed E-state index contributed by atoms with van der Waals surface area (Å²) in [5.74, 6) is 0.376. The average molecular weight is 265 g/mol. The van der Waals surface area contributed by atoms with Crippen molar-refractivity contribution >= 4 is 17.3 Å². The highest BCUT2D eigenvalue weighted by atomic mass is 16.6. The smallest absolute Gasteiger partial charge is 0.275 e. The summed E-state index contributed by atoms with van der Waals surface area (Å²) in [4.78, 5) is 23.7. The second-order valence-corrected chi connectivity index (χ2v) is 4.42. The molecule has 1 saturated heterocycles. The van der Waals surface area contributed by atoms with E-state index in [1.807, 2.05) is 0 Å². The topological polar surface area (TPSA) is 84.7 Å². The first-order valence-electron chi connectivity index (χ1n) is 5.86. The van der Waals surface area contributed by atoms with Gasteiger partial charge in [-0.25, -0.2) is 0 Å². The number of nitrogens with zero attached hydrogens (tertiary/aromatic N) is 2.